The fraction of sp³-hybridized carbons (Fsp3) is 0.667. The topological polar surface area (TPSA) is 64.3 Å². The van der Waals surface area contributed by atoms with E-state index in [1.54, 1.807) is 19.5 Å². The molecule has 17 heavy (non-hydrogen) atoms. The number of rotatable bonds is 3. The fourth-order valence-electron chi connectivity index (χ4n) is 2.20. The van der Waals surface area contributed by atoms with Gasteiger partial charge in [-0.15, -0.1) is 0 Å². The van der Waals surface area contributed by atoms with Crippen LogP contribution >= 0.6 is 0 Å². The Kier molecular flexibility index (Phi) is 3.78. The number of ether oxygens (including phenoxy) is 1. The van der Waals surface area contributed by atoms with E-state index in [9.17, 15) is 0 Å². The lowest BCUT2D eigenvalue weighted by molar-refractivity contribution is 0.352. The summed E-state index contributed by atoms with van der Waals surface area (Å²) in [6, 6.07) is 0.286. The Morgan fingerprint density at radius 3 is 2.41 bits per heavy atom. The van der Waals surface area contributed by atoms with Crippen LogP contribution in [0, 0.1) is 5.92 Å². The summed E-state index contributed by atoms with van der Waals surface area (Å²) in [4.78, 5) is 10.8. The van der Waals surface area contributed by atoms with Gasteiger partial charge in [0, 0.05) is 19.1 Å². The predicted octanol–water partition coefficient (Wildman–Crippen LogP) is 1.05. The summed E-state index contributed by atoms with van der Waals surface area (Å²) >= 11 is 0. The van der Waals surface area contributed by atoms with Crippen molar-refractivity contribution < 1.29 is 4.74 Å². The van der Waals surface area contributed by atoms with Crippen LogP contribution in [0.25, 0.3) is 0 Å². The Morgan fingerprint density at radius 1 is 1.35 bits per heavy atom. The van der Waals surface area contributed by atoms with Gasteiger partial charge in [0.1, 0.15) is 0 Å². The highest BCUT2D eigenvalue weighted by atomic mass is 16.5. The Morgan fingerprint density at radius 2 is 1.94 bits per heavy atom. The molecule has 1 unspecified atom stereocenters. The molecule has 1 aliphatic heterocycles. The number of piperidine rings is 1. The maximum Gasteiger partial charge on any atom is 0.225 e. The van der Waals surface area contributed by atoms with Crippen molar-refractivity contribution in [3.63, 3.8) is 0 Å². The van der Waals surface area contributed by atoms with Gasteiger partial charge in [0.05, 0.1) is 19.5 Å². The SMILES string of the molecule is COc1cnc(N2CCC(C(C)N)CC2)nc1. The fourth-order valence-corrected chi connectivity index (χ4v) is 2.20. The number of hydrogen-bond acceptors (Lipinski definition) is 5. The van der Waals surface area contributed by atoms with Crippen LogP contribution in [-0.2, 0) is 0 Å². The summed E-state index contributed by atoms with van der Waals surface area (Å²) in [5.74, 6) is 2.11. The van der Waals surface area contributed by atoms with Gasteiger partial charge in [-0.2, -0.15) is 0 Å². The average Bonchev–Trinajstić information content (AvgIpc) is 2.39. The Bertz CT molecular complexity index is 344. The molecule has 0 amide bonds. The van der Waals surface area contributed by atoms with Crippen molar-refractivity contribution in [2.24, 2.45) is 11.7 Å². The van der Waals surface area contributed by atoms with Crippen LogP contribution in [-0.4, -0.2) is 36.2 Å². The third-order valence-electron chi connectivity index (χ3n) is 3.42. The molecule has 0 saturated carbocycles. The number of hydrogen-bond donors (Lipinski definition) is 1. The van der Waals surface area contributed by atoms with Crippen molar-refractivity contribution in [3.8, 4) is 5.75 Å². The highest BCUT2D eigenvalue weighted by Gasteiger charge is 2.23. The highest BCUT2D eigenvalue weighted by molar-refractivity contribution is 5.31. The first-order valence-corrected chi connectivity index (χ1v) is 6.07. The van der Waals surface area contributed by atoms with E-state index in [-0.39, 0.29) is 6.04 Å². The van der Waals surface area contributed by atoms with Crippen molar-refractivity contribution in [1.82, 2.24) is 9.97 Å². The summed E-state index contributed by atoms with van der Waals surface area (Å²) in [5, 5.41) is 0. The van der Waals surface area contributed by atoms with Crippen molar-refractivity contribution >= 4 is 5.95 Å². The Balaban J connectivity index is 1.95. The zero-order valence-corrected chi connectivity index (χ0v) is 10.5. The summed E-state index contributed by atoms with van der Waals surface area (Å²) in [6.45, 7) is 4.06. The normalized spacial score (nSPS) is 19.1. The number of methoxy groups -OCH3 is 1. The molecule has 0 bridgehead atoms. The molecular weight excluding hydrogens is 216 g/mol. The molecule has 5 heteroatoms. The van der Waals surface area contributed by atoms with E-state index in [0.29, 0.717) is 11.7 Å². The maximum atomic E-state index is 5.92. The second-order valence-electron chi connectivity index (χ2n) is 4.61. The minimum absolute atomic E-state index is 0.286. The molecule has 94 valence electrons. The van der Waals surface area contributed by atoms with Crippen LogP contribution in [0.2, 0.25) is 0 Å². The van der Waals surface area contributed by atoms with Gasteiger partial charge in [0.15, 0.2) is 5.75 Å². The molecule has 0 spiro atoms. The van der Waals surface area contributed by atoms with E-state index in [2.05, 4.69) is 21.8 Å². The van der Waals surface area contributed by atoms with Crippen LogP contribution in [0.4, 0.5) is 5.95 Å². The standard InChI is InChI=1S/C12H20N4O/c1-9(13)10-3-5-16(6-4-10)12-14-7-11(17-2)8-15-12/h7-10H,3-6,13H2,1-2H3. The summed E-state index contributed by atoms with van der Waals surface area (Å²) in [7, 11) is 1.62. The largest absolute Gasteiger partial charge is 0.494 e. The second-order valence-corrected chi connectivity index (χ2v) is 4.61. The van der Waals surface area contributed by atoms with Gasteiger partial charge in [0.25, 0.3) is 0 Å². The predicted molar refractivity (Wildman–Crippen MR) is 67.2 cm³/mol. The van der Waals surface area contributed by atoms with E-state index in [4.69, 9.17) is 10.5 Å². The van der Waals surface area contributed by atoms with Crippen LogP contribution in [0.3, 0.4) is 0 Å². The van der Waals surface area contributed by atoms with Crippen LogP contribution in [0.1, 0.15) is 19.8 Å². The summed E-state index contributed by atoms with van der Waals surface area (Å²) in [6.07, 6.45) is 5.65. The molecular formula is C12H20N4O. The van der Waals surface area contributed by atoms with Gasteiger partial charge in [-0.25, -0.2) is 9.97 Å². The third kappa shape index (κ3) is 2.85. The van der Waals surface area contributed by atoms with Gasteiger partial charge in [-0.1, -0.05) is 0 Å². The Hall–Kier alpha value is -1.36. The lowest BCUT2D eigenvalue weighted by Crippen LogP contribution is -2.40. The van der Waals surface area contributed by atoms with Crippen LogP contribution < -0.4 is 15.4 Å². The molecule has 1 aromatic rings. The van der Waals surface area contributed by atoms with E-state index in [0.717, 1.165) is 31.9 Å². The monoisotopic (exact) mass is 236 g/mol. The molecule has 0 aromatic carbocycles. The number of aromatic nitrogens is 2. The molecule has 2 rings (SSSR count). The molecule has 1 aromatic heterocycles. The lowest BCUT2D eigenvalue weighted by Gasteiger charge is -2.33. The lowest BCUT2D eigenvalue weighted by atomic mass is 9.91. The molecule has 0 aliphatic carbocycles. The maximum absolute atomic E-state index is 5.92. The van der Waals surface area contributed by atoms with Crippen LogP contribution in [0.15, 0.2) is 12.4 Å². The van der Waals surface area contributed by atoms with E-state index < -0.39 is 0 Å². The quantitative estimate of drug-likeness (QED) is 0.849. The first-order valence-electron chi connectivity index (χ1n) is 6.07. The molecule has 1 aliphatic rings. The first kappa shape index (κ1) is 12.1. The van der Waals surface area contributed by atoms with Crippen molar-refractivity contribution in [1.29, 1.82) is 0 Å². The molecule has 2 heterocycles. The molecule has 0 radical (unpaired) electrons. The zero-order chi connectivity index (χ0) is 12.3. The third-order valence-corrected chi connectivity index (χ3v) is 3.42. The van der Waals surface area contributed by atoms with Gasteiger partial charge in [0.2, 0.25) is 5.95 Å². The second kappa shape index (κ2) is 5.31. The molecule has 1 fully saturated rings. The van der Waals surface area contributed by atoms with Gasteiger partial charge in [-0.3, -0.25) is 0 Å². The summed E-state index contributed by atoms with van der Waals surface area (Å²) < 4.78 is 5.04. The number of nitrogens with zero attached hydrogens (tertiary/aromatic N) is 3. The smallest absolute Gasteiger partial charge is 0.225 e. The minimum atomic E-state index is 0.286. The molecule has 5 nitrogen and oxygen atoms in total. The van der Waals surface area contributed by atoms with Gasteiger partial charge >= 0.3 is 0 Å². The van der Waals surface area contributed by atoms with Crippen molar-refractivity contribution in [2.45, 2.75) is 25.8 Å². The van der Waals surface area contributed by atoms with Crippen LogP contribution in [0.5, 0.6) is 5.75 Å². The highest BCUT2D eigenvalue weighted by Crippen LogP contribution is 2.22. The number of anilines is 1. The average molecular weight is 236 g/mol. The summed E-state index contributed by atoms with van der Waals surface area (Å²) in [5.41, 5.74) is 5.92. The molecule has 1 saturated heterocycles. The van der Waals surface area contributed by atoms with Crippen molar-refractivity contribution in [3.05, 3.63) is 12.4 Å². The van der Waals surface area contributed by atoms with E-state index in [1.165, 1.54) is 0 Å². The van der Waals surface area contributed by atoms with Gasteiger partial charge < -0.3 is 15.4 Å². The molecule has 2 N–H and O–H groups in total. The van der Waals surface area contributed by atoms with E-state index in [1.807, 2.05) is 0 Å². The Labute approximate surface area is 102 Å². The number of nitrogens with two attached hydrogens (primary N) is 1. The van der Waals surface area contributed by atoms with Crippen molar-refractivity contribution in [2.75, 3.05) is 25.1 Å². The minimum Gasteiger partial charge on any atom is -0.494 e. The van der Waals surface area contributed by atoms with Gasteiger partial charge in [-0.05, 0) is 25.7 Å². The first-order chi connectivity index (χ1) is 8.20. The van der Waals surface area contributed by atoms with E-state index >= 15 is 0 Å². The zero-order valence-electron chi connectivity index (χ0n) is 10.5. The molecule has 1 atom stereocenters.